The molecule has 0 bridgehead atoms. The molecule has 3 heterocycles. The minimum Gasteiger partial charge on any atom is -0.369 e. The van der Waals surface area contributed by atoms with E-state index < -0.39 is 0 Å². The minimum atomic E-state index is -0.207. The lowest BCUT2D eigenvalue weighted by Crippen LogP contribution is -2.72. The first kappa shape index (κ1) is 13.5. The molecule has 0 saturated carbocycles. The third-order valence-electron chi connectivity index (χ3n) is 4.04. The number of amides is 1. The summed E-state index contributed by atoms with van der Waals surface area (Å²) < 4.78 is 7.20. The quantitative estimate of drug-likeness (QED) is 0.689. The maximum Gasteiger partial charge on any atom is 0.346 e. The van der Waals surface area contributed by atoms with Gasteiger partial charge in [-0.2, -0.15) is 9.78 Å². The monoisotopic (exact) mass is 279 g/mol. The number of ether oxygens (including phenoxy) is 1. The Hall–Kier alpha value is -1.47. The van der Waals surface area contributed by atoms with Gasteiger partial charge in [-0.05, 0) is 20.8 Å². The van der Waals surface area contributed by atoms with E-state index in [2.05, 4.69) is 35.8 Å². The topological polar surface area (TPSA) is 63.5 Å². The van der Waals surface area contributed by atoms with E-state index in [1.54, 1.807) is 4.90 Å². The van der Waals surface area contributed by atoms with E-state index in [0.29, 0.717) is 13.1 Å². The highest BCUT2D eigenvalue weighted by atomic mass is 16.5. The summed E-state index contributed by atoms with van der Waals surface area (Å²) in [7, 11) is 0. The number of morpholine rings is 1. The Bertz CT molecular complexity index is 487. The molecule has 2 saturated heterocycles. The molecule has 0 radical (unpaired) electrons. The van der Waals surface area contributed by atoms with Crippen LogP contribution in [0, 0.1) is 0 Å². The van der Waals surface area contributed by atoms with Gasteiger partial charge in [0.25, 0.3) is 0 Å². The molecule has 1 spiro atoms. The van der Waals surface area contributed by atoms with Crippen LogP contribution < -0.4 is 0 Å². The summed E-state index contributed by atoms with van der Waals surface area (Å²) in [5, 5.41) is 3.87. The number of likely N-dealkylation sites (tertiary alicyclic amines) is 1. The number of nitrogens with zero attached hydrogens (tertiary/aromatic N) is 5. The Labute approximate surface area is 118 Å². The van der Waals surface area contributed by atoms with Gasteiger partial charge in [-0.25, -0.2) is 9.78 Å². The standard InChI is InChI=1S/C13H21N5O2/c1-12(2,3)17-4-5-20-13(8-17)6-16(7-13)11(19)18-10-14-9-15-18/h9-10H,4-8H2,1-3H3. The molecule has 0 N–H and O–H groups in total. The molecule has 0 aliphatic carbocycles. The highest BCUT2D eigenvalue weighted by molar-refractivity contribution is 5.76. The van der Waals surface area contributed by atoms with E-state index in [4.69, 9.17) is 4.74 Å². The van der Waals surface area contributed by atoms with Crippen LogP contribution in [0.1, 0.15) is 20.8 Å². The fourth-order valence-electron chi connectivity index (χ4n) is 2.85. The normalized spacial score (nSPS) is 22.9. The van der Waals surface area contributed by atoms with Crippen molar-refractivity contribution in [1.82, 2.24) is 24.6 Å². The Balaban J connectivity index is 1.62. The predicted octanol–water partition coefficient (Wildman–Crippen LogP) is 0.431. The highest BCUT2D eigenvalue weighted by Crippen LogP contribution is 2.32. The van der Waals surface area contributed by atoms with Crippen molar-refractivity contribution in [3.8, 4) is 0 Å². The van der Waals surface area contributed by atoms with Crippen LogP contribution in [0.5, 0.6) is 0 Å². The van der Waals surface area contributed by atoms with E-state index >= 15 is 0 Å². The molecule has 1 aromatic heterocycles. The zero-order chi connectivity index (χ0) is 14.4. The largest absolute Gasteiger partial charge is 0.369 e. The fourth-order valence-corrected chi connectivity index (χ4v) is 2.85. The summed E-state index contributed by atoms with van der Waals surface area (Å²) in [5.74, 6) is 0. The molecule has 1 amide bonds. The second-order valence-corrected chi connectivity index (χ2v) is 6.60. The SMILES string of the molecule is CC(C)(C)N1CCOC2(CN(C(=O)n3cncn3)C2)C1. The zero-order valence-electron chi connectivity index (χ0n) is 12.2. The van der Waals surface area contributed by atoms with Crippen molar-refractivity contribution in [2.45, 2.75) is 31.9 Å². The Morgan fingerprint density at radius 1 is 1.30 bits per heavy atom. The first-order chi connectivity index (χ1) is 9.40. The number of carbonyl (C=O) groups excluding carboxylic acids is 1. The van der Waals surface area contributed by atoms with Crippen LogP contribution >= 0.6 is 0 Å². The van der Waals surface area contributed by atoms with Crippen LogP contribution in [0.4, 0.5) is 4.79 Å². The van der Waals surface area contributed by atoms with Crippen LogP contribution in [0.3, 0.4) is 0 Å². The highest BCUT2D eigenvalue weighted by Gasteiger charge is 2.50. The molecule has 7 nitrogen and oxygen atoms in total. The number of aromatic nitrogens is 3. The Morgan fingerprint density at radius 2 is 2.05 bits per heavy atom. The summed E-state index contributed by atoms with van der Waals surface area (Å²) >= 11 is 0. The molecule has 20 heavy (non-hydrogen) atoms. The van der Waals surface area contributed by atoms with Crippen LogP contribution in [0.2, 0.25) is 0 Å². The Kier molecular flexibility index (Phi) is 3.06. The smallest absolute Gasteiger partial charge is 0.346 e. The zero-order valence-corrected chi connectivity index (χ0v) is 12.2. The van der Waals surface area contributed by atoms with E-state index in [-0.39, 0.29) is 17.2 Å². The molecule has 0 atom stereocenters. The molecule has 2 aliphatic rings. The second kappa shape index (κ2) is 4.53. The fraction of sp³-hybridized carbons (Fsp3) is 0.769. The van der Waals surface area contributed by atoms with E-state index in [9.17, 15) is 4.79 Å². The van der Waals surface area contributed by atoms with Crippen molar-refractivity contribution in [1.29, 1.82) is 0 Å². The summed E-state index contributed by atoms with van der Waals surface area (Å²) in [6, 6.07) is -0.135. The maximum atomic E-state index is 12.1. The molecule has 2 aliphatic heterocycles. The lowest BCUT2D eigenvalue weighted by Gasteiger charge is -2.55. The van der Waals surface area contributed by atoms with Gasteiger partial charge in [0.1, 0.15) is 18.3 Å². The van der Waals surface area contributed by atoms with Crippen molar-refractivity contribution in [2.75, 3.05) is 32.8 Å². The lowest BCUT2D eigenvalue weighted by molar-refractivity contribution is -0.183. The van der Waals surface area contributed by atoms with Crippen LogP contribution in [-0.2, 0) is 4.74 Å². The molecular formula is C13H21N5O2. The molecule has 2 fully saturated rings. The van der Waals surface area contributed by atoms with Gasteiger partial charge in [-0.15, -0.1) is 0 Å². The summed E-state index contributed by atoms with van der Waals surface area (Å²) in [4.78, 5) is 20.1. The maximum absolute atomic E-state index is 12.1. The van der Waals surface area contributed by atoms with Gasteiger partial charge in [0.2, 0.25) is 0 Å². The van der Waals surface area contributed by atoms with E-state index in [1.165, 1.54) is 17.3 Å². The molecule has 1 aromatic rings. The minimum absolute atomic E-state index is 0.132. The average Bonchev–Trinajstić information content (AvgIpc) is 2.88. The number of carbonyl (C=O) groups is 1. The third-order valence-corrected chi connectivity index (χ3v) is 4.04. The molecule has 3 rings (SSSR count). The third kappa shape index (κ3) is 2.31. The van der Waals surface area contributed by atoms with Gasteiger partial charge in [0, 0.05) is 18.6 Å². The van der Waals surface area contributed by atoms with Gasteiger partial charge >= 0.3 is 6.03 Å². The van der Waals surface area contributed by atoms with E-state index in [0.717, 1.165) is 19.7 Å². The van der Waals surface area contributed by atoms with Gasteiger partial charge in [0.15, 0.2) is 0 Å². The summed E-state index contributed by atoms with van der Waals surface area (Å²) in [6.07, 6.45) is 2.79. The lowest BCUT2D eigenvalue weighted by atomic mass is 9.90. The van der Waals surface area contributed by atoms with Crippen molar-refractivity contribution in [2.24, 2.45) is 0 Å². The number of hydrogen-bond donors (Lipinski definition) is 0. The van der Waals surface area contributed by atoms with Crippen molar-refractivity contribution in [3.63, 3.8) is 0 Å². The second-order valence-electron chi connectivity index (χ2n) is 6.60. The van der Waals surface area contributed by atoms with Gasteiger partial charge < -0.3 is 9.64 Å². The molecule has 0 unspecified atom stereocenters. The molecule has 110 valence electrons. The van der Waals surface area contributed by atoms with Crippen molar-refractivity contribution >= 4 is 6.03 Å². The molecule has 0 aromatic carbocycles. The average molecular weight is 279 g/mol. The van der Waals surface area contributed by atoms with Gasteiger partial charge in [-0.3, -0.25) is 4.90 Å². The Morgan fingerprint density at radius 3 is 2.65 bits per heavy atom. The summed E-state index contributed by atoms with van der Waals surface area (Å²) in [5.41, 5.74) is -0.0745. The van der Waals surface area contributed by atoms with Crippen LogP contribution in [0.25, 0.3) is 0 Å². The predicted molar refractivity (Wildman–Crippen MR) is 72.4 cm³/mol. The van der Waals surface area contributed by atoms with E-state index in [1.807, 2.05) is 0 Å². The van der Waals surface area contributed by atoms with Gasteiger partial charge in [-0.1, -0.05) is 0 Å². The van der Waals surface area contributed by atoms with Crippen LogP contribution in [0.15, 0.2) is 12.7 Å². The molecule has 7 heteroatoms. The molecular weight excluding hydrogens is 258 g/mol. The first-order valence-electron chi connectivity index (χ1n) is 6.93. The number of rotatable bonds is 0. The van der Waals surface area contributed by atoms with Crippen molar-refractivity contribution < 1.29 is 9.53 Å². The van der Waals surface area contributed by atoms with Crippen molar-refractivity contribution in [3.05, 3.63) is 12.7 Å². The van der Waals surface area contributed by atoms with Crippen LogP contribution in [-0.4, -0.2) is 74.5 Å². The summed E-state index contributed by atoms with van der Waals surface area (Å²) in [6.45, 7) is 10.4. The van der Waals surface area contributed by atoms with Gasteiger partial charge in [0.05, 0.1) is 19.7 Å². The number of hydrogen-bond acceptors (Lipinski definition) is 5. The first-order valence-corrected chi connectivity index (χ1v) is 6.93.